The minimum absolute atomic E-state index is 0.0553. The van der Waals surface area contributed by atoms with E-state index in [1.54, 1.807) is 11.0 Å². The van der Waals surface area contributed by atoms with Crippen molar-refractivity contribution in [3.8, 4) is 5.75 Å². The van der Waals surface area contributed by atoms with Gasteiger partial charge in [-0.15, -0.1) is 0 Å². The zero-order valence-electron chi connectivity index (χ0n) is 13.1. The number of carbonyl (C=O) groups excluding carboxylic acids is 1. The van der Waals surface area contributed by atoms with Crippen LogP contribution in [0, 0.1) is 0 Å². The van der Waals surface area contributed by atoms with E-state index in [1.807, 2.05) is 0 Å². The molecule has 1 amide bonds. The molecule has 0 aliphatic carbocycles. The van der Waals surface area contributed by atoms with Crippen molar-refractivity contribution in [2.24, 2.45) is 0 Å². The van der Waals surface area contributed by atoms with Crippen molar-refractivity contribution in [2.45, 2.75) is 18.8 Å². The Balaban J connectivity index is 1.67. The summed E-state index contributed by atoms with van der Waals surface area (Å²) in [5.41, 5.74) is 0.267. The first kappa shape index (κ1) is 17.1. The van der Waals surface area contributed by atoms with Crippen LogP contribution < -0.4 is 4.74 Å². The number of alkyl halides is 2. The molecule has 0 radical (unpaired) electrons. The monoisotopic (exact) mass is 342 g/mol. The number of hydrogen-bond acceptors (Lipinski definition) is 5. The lowest BCUT2D eigenvalue weighted by atomic mass is 10.1. The fourth-order valence-electron chi connectivity index (χ4n) is 3.19. The predicted octanol–water partition coefficient (Wildman–Crippen LogP) is 0.805. The van der Waals surface area contributed by atoms with Crippen molar-refractivity contribution in [3.63, 3.8) is 0 Å². The molecule has 132 valence electrons. The number of benzene rings is 1. The quantitative estimate of drug-likeness (QED) is 0.877. The van der Waals surface area contributed by atoms with Crippen molar-refractivity contribution in [2.75, 3.05) is 39.4 Å². The molecule has 0 bridgehead atoms. The van der Waals surface area contributed by atoms with Gasteiger partial charge in [0.1, 0.15) is 5.75 Å². The number of halogens is 2. The number of aliphatic hydroxyl groups is 1. The first-order valence-electron chi connectivity index (χ1n) is 7.88. The van der Waals surface area contributed by atoms with Crippen LogP contribution in [0.3, 0.4) is 0 Å². The van der Waals surface area contributed by atoms with E-state index >= 15 is 0 Å². The summed E-state index contributed by atoms with van der Waals surface area (Å²) in [6, 6.07) is 5.59. The molecular formula is C16H20F2N2O4. The standard InChI is InChI=1S/C16H20F2N2O4/c17-16(18)24-12-3-1-2-11(8-12)15(22)20-9-13(14(21)10-20)19-4-6-23-7-5-19/h1-3,8,13-14,16,21H,4-7,9-10H2/t13-,14-/m1/s1. The third-order valence-electron chi connectivity index (χ3n) is 4.37. The number of likely N-dealkylation sites (tertiary alicyclic amines) is 1. The van der Waals surface area contributed by atoms with Crippen molar-refractivity contribution >= 4 is 5.91 Å². The van der Waals surface area contributed by atoms with E-state index < -0.39 is 12.7 Å². The Morgan fingerprint density at radius 3 is 2.75 bits per heavy atom. The van der Waals surface area contributed by atoms with Gasteiger partial charge in [-0.25, -0.2) is 0 Å². The molecule has 2 fully saturated rings. The minimum atomic E-state index is -2.94. The second kappa shape index (κ2) is 7.42. The third kappa shape index (κ3) is 3.82. The topological polar surface area (TPSA) is 62.2 Å². The fraction of sp³-hybridized carbons (Fsp3) is 0.562. The molecule has 3 rings (SSSR count). The van der Waals surface area contributed by atoms with Crippen LogP contribution in [0.15, 0.2) is 24.3 Å². The molecule has 6 nitrogen and oxygen atoms in total. The maximum Gasteiger partial charge on any atom is 0.387 e. The van der Waals surface area contributed by atoms with E-state index in [0.29, 0.717) is 19.8 Å². The smallest absolute Gasteiger partial charge is 0.387 e. The predicted molar refractivity (Wildman–Crippen MR) is 81.2 cm³/mol. The highest BCUT2D eigenvalue weighted by Gasteiger charge is 2.38. The number of aliphatic hydroxyl groups excluding tert-OH is 1. The van der Waals surface area contributed by atoms with Crippen molar-refractivity contribution in [3.05, 3.63) is 29.8 Å². The van der Waals surface area contributed by atoms with Gasteiger partial charge in [-0.2, -0.15) is 8.78 Å². The Bertz CT molecular complexity index is 581. The summed E-state index contributed by atoms with van der Waals surface area (Å²) in [5.74, 6) is -0.357. The summed E-state index contributed by atoms with van der Waals surface area (Å²) in [6.07, 6.45) is -0.632. The van der Waals surface area contributed by atoms with Crippen LogP contribution in [0.5, 0.6) is 5.75 Å². The number of β-amino-alcohol motifs (C(OH)–C–C–N with tert-alkyl or cyclic N) is 1. The molecule has 0 spiro atoms. The van der Waals surface area contributed by atoms with Gasteiger partial charge < -0.3 is 19.5 Å². The second-order valence-electron chi connectivity index (χ2n) is 5.90. The van der Waals surface area contributed by atoms with Crippen LogP contribution in [0.2, 0.25) is 0 Å². The zero-order valence-corrected chi connectivity index (χ0v) is 13.1. The van der Waals surface area contributed by atoms with E-state index in [9.17, 15) is 18.7 Å². The van der Waals surface area contributed by atoms with E-state index in [4.69, 9.17) is 4.74 Å². The molecule has 8 heteroatoms. The van der Waals surface area contributed by atoms with Crippen molar-refractivity contribution in [1.82, 2.24) is 9.80 Å². The Hall–Kier alpha value is -1.77. The van der Waals surface area contributed by atoms with Gasteiger partial charge >= 0.3 is 6.61 Å². The van der Waals surface area contributed by atoms with Crippen LogP contribution in [0.25, 0.3) is 0 Å². The average Bonchev–Trinajstić information content (AvgIpc) is 2.96. The highest BCUT2D eigenvalue weighted by Crippen LogP contribution is 2.22. The molecule has 2 heterocycles. The van der Waals surface area contributed by atoms with Crippen LogP contribution in [0.1, 0.15) is 10.4 Å². The van der Waals surface area contributed by atoms with E-state index in [0.717, 1.165) is 13.1 Å². The number of amides is 1. The highest BCUT2D eigenvalue weighted by atomic mass is 19.3. The Kier molecular flexibility index (Phi) is 5.27. The summed E-state index contributed by atoms with van der Waals surface area (Å²) in [4.78, 5) is 16.3. The molecule has 1 aromatic rings. The van der Waals surface area contributed by atoms with Crippen LogP contribution >= 0.6 is 0 Å². The van der Waals surface area contributed by atoms with Gasteiger partial charge in [0.2, 0.25) is 0 Å². The molecule has 0 saturated carbocycles. The number of ether oxygens (including phenoxy) is 2. The summed E-state index contributed by atoms with van der Waals surface area (Å²) < 4.78 is 34.2. The fourth-order valence-corrected chi connectivity index (χ4v) is 3.19. The molecular weight excluding hydrogens is 322 g/mol. The van der Waals surface area contributed by atoms with E-state index in [1.165, 1.54) is 18.2 Å². The average molecular weight is 342 g/mol. The van der Waals surface area contributed by atoms with Gasteiger partial charge in [0.15, 0.2) is 0 Å². The lowest BCUT2D eigenvalue weighted by Gasteiger charge is -2.33. The number of rotatable bonds is 4. The van der Waals surface area contributed by atoms with E-state index in [-0.39, 0.29) is 29.8 Å². The number of carbonyl (C=O) groups is 1. The van der Waals surface area contributed by atoms with Gasteiger partial charge in [-0.05, 0) is 18.2 Å². The molecule has 2 aliphatic heterocycles. The summed E-state index contributed by atoms with van der Waals surface area (Å²) >= 11 is 0. The number of morpholine rings is 1. The van der Waals surface area contributed by atoms with Crippen LogP contribution in [-0.4, -0.2) is 79.0 Å². The Labute approximate surface area is 138 Å². The minimum Gasteiger partial charge on any atom is -0.435 e. The summed E-state index contributed by atoms with van der Waals surface area (Å²) in [5, 5.41) is 10.3. The first-order chi connectivity index (χ1) is 11.5. The lowest BCUT2D eigenvalue weighted by molar-refractivity contribution is -0.0499. The molecule has 24 heavy (non-hydrogen) atoms. The van der Waals surface area contributed by atoms with Gasteiger partial charge in [0, 0.05) is 31.7 Å². The Morgan fingerprint density at radius 2 is 2.04 bits per heavy atom. The normalized spacial score (nSPS) is 25.2. The maximum atomic E-state index is 12.6. The molecule has 1 N–H and O–H groups in total. The zero-order chi connectivity index (χ0) is 17.1. The molecule has 0 unspecified atom stereocenters. The van der Waals surface area contributed by atoms with E-state index in [2.05, 4.69) is 9.64 Å². The Morgan fingerprint density at radius 1 is 1.29 bits per heavy atom. The van der Waals surface area contributed by atoms with Gasteiger partial charge in [-0.3, -0.25) is 9.69 Å². The van der Waals surface area contributed by atoms with Gasteiger partial charge in [0.25, 0.3) is 5.91 Å². The van der Waals surface area contributed by atoms with Crippen molar-refractivity contribution in [1.29, 1.82) is 0 Å². The summed E-state index contributed by atoms with van der Waals surface area (Å²) in [6.45, 7) is 0.368. The third-order valence-corrected chi connectivity index (χ3v) is 4.37. The van der Waals surface area contributed by atoms with Gasteiger partial charge in [0.05, 0.1) is 25.4 Å². The summed E-state index contributed by atoms with van der Waals surface area (Å²) in [7, 11) is 0. The molecule has 2 atom stereocenters. The molecule has 1 aromatic carbocycles. The van der Waals surface area contributed by atoms with Gasteiger partial charge in [-0.1, -0.05) is 6.07 Å². The maximum absolute atomic E-state index is 12.6. The highest BCUT2D eigenvalue weighted by molar-refractivity contribution is 5.94. The van der Waals surface area contributed by atoms with Crippen LogP contribution in [0.4, 0.5) is 8.78 Å². The molecule has 2 aliphatic rings. The number of hydrogen-bond donors (Lipinski definition) is 1. The lowest BCUT2D eigenvalue weighted by Crippen LogP contribution is -2.49. The largest absolute Gasteiger partial charge is 0.435 e. The SMILES string of the molecule is O=C(c1cccc(OC(F)F)c1)N1C[C@@H](O)[C@H](N2CCOCC2)C1. The first-order valence-corrected chi connectivity index (χ1v) is 7.88. The number of nitrogens with zero attached hydrogens (tertiary/aromatic N) is 2. The molecule has 0 aromatic heterocycles. The molecule has 2 saturated heterocycles. The second-order valence-corrected chi connectivity index (χ2v) is 5.90. The van der Waals surface area contributed by atoms with Crippen LogP contribution in [-0.2, 0) is 4.74 Å². The van der Waals surface area contributed by atoms with Crippen molar-refractivity contribution < 1.29 is 28.2 Å².